The second-order valence-corrected chi connectivity index (χ2v) is 5.77. The van der Waals surface area contributed by atoms with E-state index in [1.54, 1.807) is 24.8 Å². The van der Waals surface area contributed by atoms with Gasteiger partial charge in [-0.05, 0) is 29.5 Å². The summed E-state index contributed by atoms with van der Waals surface area (Å²) in [6, 6.07) is 13.3. The summed E-state index contributed by atoms with van der Waals surface area (Å²) in [6.07, 6.45) is 1.82. The van der Waals surface area contributed by atoms with Crippen LogP contribution in [0.15, 0.2) is 55.1 Å². The van der Waals surface area contributed by atoms with E-state index in [0.717, 1.165) is 21.0 Å². The molecule has 1 aromatic carbocycles. The third-order valence-electron chi connectivity index (χ3n) is 3.14. The molecule has 0 aliphatic rings. The summed E-state index contributed by atoms with van der Waals surface area (Å²) < 4.78 is 4.98. The van der Waals surface area contributed by atoms with Crippen molar-refractivity contribution < 1.29 is 9.53 Å². The zero-order chi connectivity index (χ0) is 16.7. The Hall–Kier alpha value is -2.33. The Labute approximate surface area is 140 Å². The molecule has 118 valence electrons. The van der Waals surface area contributed by atoms with Crippen LogP contribution in [0.3, 0.4) is 0 Å². The standard InChI is InChI=1S/C19H19NO2S/c1-4-18(16-11-7-6-9-14(16)3)23-13-15-10-8-12-17(20-15)19(21)22-5-2/h4,6-12H,1,3,5,13H2,2H3/b18-16+. The maximum absolute atomic E-state index is 11.7. The van der Waals surface area contributed by atoms with Crippen LogP contribution in [0, 0.1) is 0 Å². The fourth-order valence-corrected chi connectivity index (χ4v) is 2.97. The van der Waals surface area contributed by atoms with E-state index in [-0.39, 0.29) is 0 Å². The Morgan fingerprint density at radius 1 is 1.26 bits per heavy atom. The number of hydrogen-bond donors (Lipinski definition) is 0. The monoisotopic (exact) mass is 325 g/mol. The van der Waals surface area contributed by atoms with E-state index in [9.17, 15) is 4.79 Å². The van der Waals surface area contributed by atoms with Gasteiger partial charge >= 0.3 is 5.97 Å². The van der Waals surface area contributed by atoms with Crippen molar-refractivity contribution in [2.24, 2.45) is 0 Å². The number of ether oxygens (including phenoxy) is 1. The summed E-state index contributed by atoms with van der Waals surface area (Å²) in [6.45, 7) is 10.0. The third kappa shape index (κ3) is 4.57. The first kappa shape index (κ1) is 17.0. The van der Waals surface area contributed by atoms with E-state index in [1.165, 1.54) is 0 Å². The molecule has 0 atom stereocenters. The maximum atomic E-state index is 11.7. The van der Waals surface area contributed by atoms with Crippen molar-refractivity contribution in [3.05, 3.63) is 76.9 Å². The number of aromatic nitrogens is 1. The highest BCUT2D eigenvalue weighted by Gasteiger charge is 2.09. The molecule has 23 heavy (non-hydrogen) atoms. The van der Waals surface area contributed by atoms with E-state index >= 15 is 0 Å². The summed E-state index contributed by atoms with van der Waals surface area (Å²) in [5.41, 5.74) is 1.16. The van der Waals surface area contributed by atoms with Crippen LogP contribution in [0.1, 0.15) is 23.1 Å². The lowest BCUT2D eigenvalue weighted by Gasteiger charge is -2.05. The topological polar surface area (TPSA) is 39.2 Å². The van der Waals surface area contributed by atoms with Crippen LogP contribution in [-0.2, 0) is 10.5 Å². The predicted molar refractivity (Wildman–Crippen MR) is 96.3 cm³/mol. The first-order chi connectivity index (χ1) is 11.2. The molecule has 2 aromatic rings. The van der Waals surface area contributed by atoms with Gasteiger partial charge in [-0.3, -0.25) is 0 Å². The smallest absolute Gasteiger partial charge is 0.356 e. The lowest BCUT2D eigenvalue weighted by atomic mass is 10.2. The zero-order valence-corrected chi connectivity index (χ0v) is 13.9. The van der Waals surface area contributed by atoms with Crippen LogP contribution in [0.2, 0.25) is 0 Å². The van der Waals surface area contributed by atoms with Crippen LogP contribution >= 0.6 is 11.8 Å². The zero-order valence-electron chi connectivity index (χ0n) is 13.1. The minimum absolute atomic E-state index is 0.336. The average molecular weight is 325 g/mol. The molecule has 0 fully saturated rings. The third-order valence-corrected chi connectivity index (χ3v) is 4.27. The lowest BCUT2D eigenvalue weighted by Crippen LogP contribution is -2.23. The van der Waals surface area contributed by atoms with Gasteiger partial charge < -0.3 is 4.74 Å². The van der Waals surface area contributed by atoms with Gasteiger partial charge in [0, 0.05) is 10.7 Å². The number of rotatable bonds is 6. The van der Waals surface area contributed by atoms with Crippen molar-refractivity contribution in [3.8, 4) is 0 Å². The van der Waals surface area contributed by atoms with Crippen molar-refractivity contribution in [2.75, 3.05) is 6.61 Å². The van der Waals surface area contributed by atoms with Gasteiger partial charge in [0.1, 0.15) is 5.69 Å². The molecule has 0 aliphatic heterocycles. The summed E-state index contributed by atoms with van der Waals surface area (Å²) >= 11 is 1.62. The van der Waals surface area contributed by atoms with E-state index < -0.39 is 5.97 Å². The van der Waals surface area contributed by atoms with Crippen molar-refractivity contribution in [1.82, 2.24) is 4.98 Å². The minimum atomic E-state index is -0.393. The van der Waals surface area contributed by atoms with Gasteiger partial charge in [-0.25, -0.2) is 9.78 Å². The average Bonchev–Trinajstić information content (AvgIpc) is 2.57. The maximum Gasteiger partial charge on any atom is 0.356 e. The molecule has 0 radical (unpaired) electrons. The number of thioether (sulfide) groups is 1. The Bertz CT molecular complexity index is 814. The molecular formula is C19H19NO2S. The molecule has 0 bridgehead atoms. The highest BCUT2D eigenvalue weighted by molar-refractivity contribution is 8.07. The molecule has 0 amide bonds. The van der Waals surface area contributed by atoms with Crippen molar-refractivity contribution in [1.29, 1.82) is 0 Å². The number of benzene rings is 1. The Morgan fingerprint density at radius 3 is 2.74 bits per heavy atom. The van der Waals surface area contributed by atoms with E-state index in [0.29, 0.717) is 18.1 Å². The van der Waals surface area contributed by atoms with Gasteiger partial charge in [0.15, 0.2) is 0 Å². The van der Waals surface area contributed by atoms with Crippen LogP contribution in [-0.4, -0.2) is 17.6 Å². The van der Waals surface area contributed by atoms with Gasteiger partial charge in [0.25, 0.3) is 0 Å². The normalized spacial score (nSPS) is 11.7. The van der Waals surface area contributed by atoms with E-state index in [2.05, 4.69) is 18.1 Å². The molecule has 1 heterocycles. The molecule has 0 saturated heterocycles. The van der Waals surface area contributed by atoms with Crippen LogP contribution in [0.5, 0.6) is 0 Å². The fraction of sp³-hybridized carbons (Fsp3) is 0.158. The molecular weight excluding hydrogens is 306 g/mol. The van der Waals surface area contributed by atoms with Gasteiger partial charge in [-0.1, -0.05) is 49.6 Å². The number of hydrogen-bond acceptors (Lipinski definition) is 4. The molecule has 4 heteroatoms. The molecule has 0 aliphatic carbocycles. The van der Waals surface area contributed by atoms with Crippen LogP contribution < -0.4 is 10.4 Å². The number of carbonyl (C=O) groups excluding carboxylic acids is 1. The fourth-order valence-electron chi connectivity index (χ4n) is 2.04. The Kier molecular flexibility index (Phi) is 6.18. The molecule has 0 saturated carbocycles. The summed E-state index contributed by atoms with van der Waals surface area (Å²) in [7, 11) is 0. The summed E-state index contributed by atoms with van der Waals surface area (Å²) in [5, 5.41) is 2.03. The summed E-state index contributed by atoms with van der Waals surface area (Å²) in [4.78, 5) is 17.1. The molecule has 3 nitrogen and oxygen atoms in total. The lowest BCUT2D eigenvalue weighted by molar-refractivity contribution is 0.0519. The molecule has 1 aromatic heterocycles. The second kappa shape index (κ2) is 8.34. The van der Waals surface area contributed by atoms with E-state index in [1.807, 2.05) is 42.5 Å². The van der Waals surface area contributed by atoms with Crippen molar-refractivity contribution >= 4 is 29.2 Å². The predicted octanol–water partition coefficient (Wildman–Crippen LogP) is 2.90. The van der Waals surface area contributed by atoms with Crippen molar-refractivity contribution in [2.45, 2.75) is 12.7 Å². The van der Waals surface area contributed by atoms with Gasteiger partial charge in [0.2, 0.25) is 0 Å². The first-order valence-corrected chi connectivity index (χ1v) is 8.31. The van der Waals surface area contributed by atoms with Gasteiger partial charge in [-0.2, -0.15) is 0 Å². The number of nitrogens with zero attached hydrogens (tertiary/aromatic N) is 1. The SMILES string of the molecule is C=C/C(SCc1cccc(C(=O)OCC)n1)=c1/ccccc1=C. The highest BCUT2D eigenvalue weighted by Crippen LogP contribution is 2.21. The van der Waals surface area contributed by atoms with Crippen molar-refractivity contribution in [3.63, 3.8) is 0 Å². The summed E-state index contributed by atoms with van der Waals surface area (Å²) in [5.74, 6) is 0.249. The van der Waals surface area contributed by atoms with Gasteiger partial charge in [-0.15, -0.1) is 11.8 Å². The largest absolute Gasteiger partial charge is 0.461 e. The number of carbonyl (C=O) groups is 1. The van der Waals surface area contributed by atoms with Crippen LogP contribution in [0.4, 0.5) is 0 Å². The molecule has 0 unspecified atom stereocenters. The first-order valence-electron chi connectivity index (χ1n) is 7.32. The van der Waals surface area contributed by atoms with Crippen LogP contribution in [0.25, 0.3) is 11.5 Å². The number of pyridine rings is 1. The van der Waals surface area contributed by atoms with Gasteiger partial charge in [0.05, 0.1) is 12.3 Å². The molecule has 0 spiro atoms. The highest BCUT2D eigenvalue weighted by atomic mass is 32.2. The minimum Gasteiger partial charge on any atom is -0.461 e. The van der Waals surface area contributed by atoms with E-state index in [4.69, 9.17) is 4.74 Å². The Morgan fingerprint density at radius 2 is 2.04 bits per heavy atom. The quantitative estimate of drug-likeness (QED) is 0.766. The second-order valence-electron chi connectivity index (χ2n) is 4.75. The molecule has 2 rings (SSSR count). The Balaban J connectivity index is 2.21. The molecule has 0 N–H and O–H groups in total. The number of esters is 1.